The first-order valence-electron chi connectivity index (χ1n) is 5.99. The van der Waals surface area contributed by atoms with Gasteiger partial charge in [0.25, 0.3) is 5.56 Å². The van der Waals surface area contributed by atoms with E-state index in [4.69, 9.17) is 16.7 Å². The van der Waals surface area contributed by atoms with Gasteiger partial charge in [0.2, 0.25) is 0 Å². The van der Waals surface area contributed by atoms with Crippen LogP contribution in [0.4, 0.5) is 4.39 Å². The minimum Gasteiger partial charge on any atom is -0.393 e. The lowest BCUT2D eigenvalue weighted by Crippen LogP contribution is -2.46. The Morgan fingerprint density at radius 1 is 1.53 bits per heavy atom. The van der Waals surface area contributed by atoms with Crippen LogP contribution in [0.15, 0.2) is 29.3 Å². The zero-order chi connectivity index (χ0) is 13.6. The van der Waals surface area contributed by atoms with Gasteiger partial charge in [-0.3, -0.25) is 9.36 Å². The average Bonchev–Trinajstić information content (AvgIpc) is 2.36. The van der Waals surface area contributed by atoms with E-state index in [9.17, 15) is 9.18 Å². The van der Waals surface area contributed by atoms with E-state index in [0.29, 0.717) is 15.9 Å². The Bertz CT molecular complexity index is 695. The highest BCUT2D eigenvalue weighted by Crippen LogP contribution is 2.43. The van der Waals surface area contributed by atoms with E-state index in [-0.39, 0.29) is 24.4 Å². The molecule has 0 unspecified atom stereocenters. The number of hydrogen-bond acceptors (Lipinski definition) is 3. The van der Waals surface area contributed by atoms with E-state index in [1.165, 1.54) is 10.9 Å². The van der Waals surface area contributed by atoms with E-state index in [1.54, 1.807) is 18.2 Å². The lowest BCUT2D eigenvalue weighted by molar-refractivity contribution is -0.0344. The van der Waals surface area contributed by atoms with Gasteiger partial charge in [0.15, 0.2) is 0 Å². The summed E-state index contributed by atoms with van der Waals surface area (Å²) >= 11 is 6.02. The van der Waals surface area contributed by atoms with E-state index >= 15 is 0 Å². The molecule has 0 bridgehead atoms. The third-order valence-electron chi connectivity index (χ3n) is 3.64. The van der Waals surface area contributed by atoms with Crippen molar-refractivity contribution in [3.8, 4) is 0 Å². The van der Waals surface area contributed by atoms with Crippen molar-refractivity contribution < 1.29 is 9.50 Å². The molecular weight excluding hydrogens is 271 g/mol. The van der Waals surface area contributed by atoms with Crippen LogP contribution >= 0.6 is 11.6 Å². The van der Waals surface area contributed by atoms with Crippen LogP contribution in [-0.4, -0.2) is 26.9 Å². The fraction of sp³-hybridized carbons (Fsp3) is 0.385. The van der Waals surface area contributed by atoms with Crippen molar-refractivity contribution in [3.05, 3.63) is 39.9 Å². The lowest BCUT2D eigenvalue weighted by Gasteiger charge is -2.40. The molecule has 1 fully saturated rings. The summed E-state index contributed by atoms with van der Waals surface area (Å²) in [5, 5.41) is 9.59. The van der Waals surface area contributed by atoms with Crippen molar-refractivity contribution in [1.29, 1.82) is 0 Å². The standard InChI is InChI=1S/C13H12ClFN2O2/c14-9-2-1-3-10-11(9)12(19)17(7-16-10)8-4-13(15,5-8)6-18/h1-3,7-8,18H,4-6H2. The first-order chi connectivity index (χ1) is 9.04. The first-order valence-corrected chi connectivity index (χ1v) is 6.37. The fourth-order valence-electron chi connectivity index (χ4n) is 2.51. The summed E-state index contributed by atoms with van der Waals surface area (Å²) < 4.78 is 15.1. The average molecular weight is 283 g/mol. The van der Waals surface area contributed by atoms with Gasteiger partial charge in [-0.1, -0.05) is 17.7 Å². The van der Waals surface area contributed by atoms with E-state index < -0.39 is 12.3 Å². The van der Waals surface area contributed by atoms with Crippen molar-refractivity contribution >= 4 is 22.5 Å². The molecule has 100 valence electrons. The number of rotatable bonds is 2. The maximum Gasteiger partial charge on any atom is 0.262 e. The largest absolute Gasteiger partial charge is 0.393 e. The zero-order valence-electron chi connectivity index (χ0n) is 10.0. The monoisotopic (exact) mass is 282 g/mol. The summed E-state index contributed by atoms with van der Waals surface area (Å²) in [6, 6.07) is 4.80. The number of aliphatic hydroxyl groups excluding tert-OH is 1. The number of benzene rings is 1. The molecular formula is C13H12ClFN2O2. The van der Waals surface area contributed by atoms with Gasteiger partial charge in [0, 0.05) is 18.9 Å². The lowest BCUT2D eigenvalue weighted by atomic mass is 9.77. The highest BCUT2D eigenvalue weighted by molar-refractivity contribution is 6.35. The van der Waals surface area contributed by atoms with Gasteiger partial charge >= 0.3 is 0 Å². The van der Waals surface area contributed by atoms with E-state index in [2.05, 4.69) is 4.98 Å². The minimum absolute atomic E-state index is 0.126. The molecule has 0 amide bonds. The van der Waals surface area contributed by atoms with Gasteiger partial charge in [-0.25, -0.2) is 9.37 Å². The van der Waals surface area contributed by atoms with Gasteiger partial charge < -0.3 is 5.11 Å². The zero-order valence-corrected chi connectivity index (χ0v) is 10.8. The highest BCUT2D eigenvalue weighted by atomic mass is 35.5. The SMILES string of the molecule is O=c1c2c(Cl)cccc2ncn1C1CC(F)(CO)C1. The molecule has 0 spiro atoms. The molecule has 0 radical (unpaired) electrons. The van der Waals surface area contributed by atoms with Gasteiger partial charge in [-0.15, -0.1) is 0 Å². The number of fused-ring (bicyclic) bond motifs is 1. The second-order valence-corrected chi connectivity index (χ2v) is 5.37. The van der Waals surface area contributed by atoms with Crippen LogP contribution in [0.2, 0.25) is 5.02 Å². The van der Waals surface area contributed by atoms with Crippen LogP contribution in [0, 0.1) is 0 Å². The molecule has 0 saturated heterocycles. The fourth-order valence-corrected chi connectivity index (χ4v) is 2.76. The summed E-state index contributed by atoms with van der Waals surface area (Å²) in [7, 11) is 0. The Kier molecular flexibility index (Phi) is 2.83. The topological polar surface area (TPSA) is 55.1 Å². The smallest absolute Gasteiger partial charge is 0.262 e. The number of aliphatic hydroxyl groups is 1. The van der Waals surface area contributed by atoms with Crippen molar-refractivity contribution in [2.24, 2.45) is 0 Å². The number of aromatic nitrogens is 2. The molecule has 0 aliphatic heterocycles. The number of nitrogens with zero attached hydrogens (tertiary/aromatic N) is 2. The summed E-state index contributed by atoms with van der Waals surface area (Å²) in [6.07, 6.45) is 1.67. The minimum atomic E-state index is -1.57. The predicted molar refractivity (Wildman–Crippen MR) is 70.2 cm³/mol. The van der Waals surface area contributed by atoms with Gasteiger partial charge in [-0.05, 0) is 12.1 Å². The molecule has 0 atom stereocenters. The number of halogens is 2. The van der Waals surface area contributed by atoms with E-state index in [1.807, 2.05) is 0 Å². The Hall–Kier alpha value is -1.46. The third kappa shape index (κ3) is 1.93. The summed E-state index contributed by atoms with van der Waals surface area (Å²) in [6.45, 7) is -0.514. The van der Waals surface area contributed by atoms with E-state index in [0.717, 1.165) is 0 Å². The van der Waals surface area contributed by atoms with Crippen LogP contribution in [0.1, 0.15) is 18.9 Å². The Labute approximate surface area is 113 Å². The Balaban J connectivity index is 2.05. The van der Waals surface area contributed by atoms with Crippen LogP contribution in [-0.2, 0) is 0 Å². The van der Waals surface area contributed by atoms with Gasteiger partial charge in [-0.2, -0.15) is 0 Å². The van der Waals surface area contributed by atoms with Crippen molar-refractivity contribution in [2.75, 3.05) is 6.61 Å². The van der Waals surface area contributed by atoms with Crippen LogP contribution in [0.25, 0.3) is 10.9 Å². The molecule has 6 heteroatoms. The van der Waals surface area contributed by atoms with Crippen molar-refractivity contribution in [3.63, 3.8) is 0 Å². The molecule has 19 heavy (non-hydrogen) atoms. The molecule has 3 rings (SSSR count). The molecule has 1 saturated carbocycles. The molecule has 1 aromatic carbocycles. The predicted octanol–water partition coefficient (Wildman–Crippen LogP) is 2.09. The summed E-state index contributed by atoms with van der Waals surface area (Å²) in [5.41, 5.74) is -1.30. The van der Waals surface area contributed by atoms with Crippen LogP contribution < -0.4 is 5.56 Å². The van der Waals surface area contributed by atoms with Crippen molar-refractivity contribution in [2.45, 2.75) is 24.6 Å². The quantitative estimate of drug-likeness (QED) is 0.917. The second-order valence-electron chi connectivity index (χ2n) is 4.96. The molecule has 1 aliphatic rings. The van der Waals surface area contributed by atoms with Gasteiger partial charge in [0.1, 0.15) is 5.67 Å². The molecule has 1 heterocycles. The van der Waals surface area contributed by atoms with Crippen LogP contribution in [0.5, 0.6) is 0 Å². The summed E-state index contributed by atoms with van der Waals surface area (Å²) in [4.78, 5) is 16.5. The van der Waals surface area contributed by atoms with Crippen molar-refractivity contribution in [1.82, 2.24) is 9.55 Å². The number of hydrogen-bond donors (Lipinski definition) is 1. The highest BCUT2D eigenvalue weighted by Gasteiger charge is 2.45. The first kappa shape index (κ1) is 12.6. The molecule has 1 N–H and O–H groups in total. The molecule has 1 aliphatic carbocycles. The van der Waals surface area contributed by atoms with Gasteiger partial charge in [0.05, 0.1) is 28.9 Å². The molecule has 1 aromatic heterocycles. The maximum absolute atomic E-state index is 13.7. The maximum atomic E-state index is 13.7. The normalized spacial score (nSPS) is 26.4. The Morgan fingerprint density at radius 2 is 2.26 bits per heavy atom. The third-order valence-corrected chi connectivity index (χ3v) is 3.96. The second kappa shape index (κ2) is 4.28. The Morgan fingerprint density at radius 3 is 2.95 bits per heavy atom. The molecule has 2 aromatic rings. The van der Waals surface area contributed by atoms with Crippen LogP contribution in [0.3, 0.4) is 0 Å². The number of alkyl halides is 1. The summed E-state index contributed by atoms with van der Waals surface area (Å²) in [5.74, 6) is 0. The molecule has 4 nitrogen and oxygen atoms in total.